The Morgan fingerprint density at radius 2 is 2.19 bits per heavy atom. The Bertz CT molecular complexity index is 689. The lowest BCUT2D eigenvalue weighted by Gasteiger charge is -2.17. The van der Waals surface area contributed by atoms with Crippen LogP contribution in [0.5, 0.6) is 0 Å². The van der Waals surface area contributed by atoms with Crippen LogP contribution in [0.25, 0.3) is 0 Å². The molecule has 0 saturated carbocycles. The van der Waals surface area contributed by atoms with E-state index in [1.807, 2.05) is 24.1 Å². The van der Waals surface area contributed by atoms with Gasteiger partial charge in [0.25, 0.3) is 5.91 Å². The number of amides is 1. The minimum Gasteiger partial charge on any atom is -0.396 e. The van der Waals surface area contributed by atoms with Crippen molar-refractivity contribution in [3.63, 3.8) is 0 Å². The molecular formula is C14H15N5OS. The van der Waals surface area contributed by atoms with Crippen LogP contribution in [0, 0.1) is 11.3 Å². The molecule has 0 aliphatic heterocycles. The first-order valence-electron chi connectivity index (χ1n) is 6.23. The summed E-state index contributed by atoms with van der Waals surface area (Å²) < 4.78 is 0. The Morgan fingerprint density at radius 3 is 2.76 bits per heavy atom. The zero-order chi connectivity index (χ0) is 15.4. The highest BCUT2D eigenvalue weighted by molar-refractivity contribution is 7.19. The summed E-state index contributed by atoms with van der Waals surface area (Å²) in [6.45, 7) is 0.602. The first-order valence-corrected chi connectivity index (χ1v) is 7.04. The fraction of sp³-hybridized carbons (Fsp3) is 0.214. The molecule has 2 aromatic heterocycles. The molecule has 0 unspecified atom stereocenters. The molecule has 0 saturated heterocycles. The van der Waals surface area contributed by atoms with Crippen LogP contribution in [0.15, 0.2) is 24.5 Å². The summed E-state index contributed by atoms with van der Waals surface area (Å²) in [5.74, 6) is -0.280. The number of hydrogen-bond donors (Lipinski definition) is 2. The molecule has 1 amide bonds. The smallest absolute Gasteiger partial charge is 0.263 e. The number of nitrogens with zero attached hydrogens (tertiary/aromatic N) is 3. The van der Waals surface area contributed by atoms with E-state index in [2.05, 4.69) is 16.4 Å². The van der Waals surface area contributed by atoms with Crippen LogP contribution in [0.3, 0.4) is 0 Å². The first kappa shape index (κ1) is 14.8. The summed E-state index contributed by atoms with van der Waals surface area (Å²) in [7, 11) is 3.40. The molecule has 2 aromatic rings. The SMILES string of the molecule is CNC(=O)c1sc(N(C)Cc2ccncc2)c(C#N)c1N. The van der Waals surface area contributed by atoms with E-state index in [1.54, 1.807) is 12.4 Å². The van der Waals surface area contributed by atoms with Crippen LogP contribution in [-0.4, -0.2) is 25.0 Å². The van der Waals surface area contributed by atoms with E-state index in [-0.39, 0.29) is 11.6 Å². The van der Waals surface area contributed by atoms with Gasteiger partial charge in [0.2, 0.25) is 0 Å². The molecule has 0 fully saturated rings. The highest BCUT2D eigenvalue weighted by Gasteiger charge is 2.22. The molecule has 0 bridgehead atoms. The van der Waals surface area contributed by atoms with Crippen molar-refractivity contribution >= 4 is 27.9 Å². The number of rotatable bonds is 4. The van der Waals surface area contributed by atoms with Crippen LogP contribution < -0.4 is 16.0 Å². The Labute approximate surface area is 126 Å². The lowest BCUT2D eigenvalue weighted by atomic mass is 10.2. The number of nitrogens with one attached hydrogen (secondary N) is 1. The maximum Gasteiger partial charge on any atom is 0.263 e. The quantitative estimate of drug-likeness (QED) is 0.894. The minimum atomic E-state index is -0.280. The van der Waals surface area contributed by atoms with E-state index in [0.29, 0.717) is 22.0 Å². The average Bonchev–Trinajstić information content (AvgIpc) is 2.84. The summed E-state index contributed by atoms with van der Waals surface area (Å²) in [6, 6.07) is 5.89. The Balaban J connectivity index is 2.35. The standard InChI is InChI=1S/C14H15N5OS/c1-17-13(20)12-11(16)10(7-15)14(21-12)19(2)8-9-3-5-18-6-4-9/h3-6H,8,16H2,1-2H3,(H,17,20). The van der Waals surface area contributed by atoms with Gasteiger partial charge in [-0.1, -0.05) is 0 Å². The summed E-state index contributed by atoms with van der Waals surface area (Å²) >= 11 is 1.22. The number of nitriles is 1. The van der Waals surface area contributed by atoms with Crippen LogP contribution in [0.2, 0.25) is 0 Å². The number of pyridine rings is 1. The maximum absolute atomic E-state index is 11.8. The van der Waals surface area contributed by atoms with Crippen molar-refractivity contribution in [3.05, 3.63) is 40.5 Å². The van der Waals surface area contributed by atoms with Crippen molar-refractivity contribution in [3.8, 4) is 6.07 Å². The Hall–Kier alpha value is -2.59. The van der Waals surface area contributed by atoms with Gasteiger partial charge in [-0.2, -0.15) is 5.26 Å². The van der Waals surface area contributed by atoms with Gasteiger partial charge in [0, 0.05) is 33.0 Å². The van der Waals surface area contributed by atoms with Crippen molar-refractivity contribution in [1.82, 2.24) is 10.3 Å². The summed E-state index contributed by atoms with van der Waals surface area (Å²) in [4.78, 5) is 18.0. The van der Waals surface area contributed by atoms with Crippen LogP contribution in [0.4, 0.5) is 10.7 Å². The number of nitrogen functional groups attached to an aromatic ring is 1. The average molecular weight is 301 g/mol. The van der Waals surface area contributed by atoms with E-state index in [9.17, 15) is 10.1 Å². The molecule has 2 rings (SSSR count). The lowest BCUT2D eigenvalue weighted by molar-refractivity contribution is 0.0968. The second-order valence-corrected chi connectivity index (χ2v) is 5.43. The molecule has 21 heavy (non-hydrogen) atoms. The van der Waals surface area contributed by atoms with Gasteiger partial charge in [-0.3, -0.25) is 9.78 Å². The van der Waals surface area contributed by atoms with E-state index >= 15 is 0 Å². The Morgan fingerprint density at radius 1 is 1.52 bits per heavy atom. The first-order chi connectivity index (χ1) is 10.1. The number of aromatic nitrogens is 1. The number of carbonyl (C=O) groups is 1. The molecular weight excluding hydrogens is 286 g/mol. The van der Waals surface area contributed by atoms with Gasteiger partial charge in [0.1, 0.15) is 21.5 Å². The molecule has 3 N–H and O–H groups in total. The van der Waals surface area contributed by atoms with Crippen LogP contribution in [0.1, 0.15) is 20.8 Å². The molecule has 7 heteroatoms. The van der Waals surface area contributed by atoms with Gasteiger partial charge in [-0.25, -0.2) is 0 Å². The molecule has 0 aliphatic rings. The highest BCUT2D eigenvalue weighted by atomic mass is 32.1. The fourth-order valence-electron chi connectivity index (χ4n) is 1.92. The van der Waals surface area contributed by atoms with Gasteiger partial charge in [-0.05, 0) is 17.7 Å². The number of hydrogen-bond acceptors (Lipinski definition) is 6. The van der Waals surface area contributed by atoms with Crippen LogP contribution in [-0.2, 0) is 6.54 Å². The number of nitrogens with two attached hydrogens (primary N) is 1. The molecule has 2 heterocycles. The van der Waals surface area contributed by atoms with Crippen molar-refractivity contribution in [1.29, 1.82) is 5.26 Å². The predicted molar refractivity (Wildman–Crippen MR) is 83.2 cm³/mol. The van der Waals surface area contributed by atoms with Crippen molar-refractivity contribution < 1.29 is 4.79 Å². The van der Waals surface area contributed by atoms with Crippen molar-refractivity contribution in [2.45, 2.75) is 6.54 Å². The molecule has 0 atom stereocenters. The van der Waals surface area contributed by atoms with Crippen LogP contribution >= 0.6 is 11.3 Å². The second-order valence-electron chi connectivity index (χ2n) is 4.43. The molecule has 6 nitrogen and oxygen atoms in total. The molecule has 0 spiro atoms. The van der Waals surface area contributed by atoms with E-state index in [0.717, 1.165) is 5.56 Å². The Kier molecular flexibility index (Phi) is 4.40. The number of thiophene rings is 1. The van der Waals surface area contributed by atoms with E-state index < -0.39 is 0 Å². The maximum atomic E-state index is 11.8. The van der Waals surface area contributed by atoms with E-state index in [1.165, 1.54) is 18.4 Å². The number of carbonyl (C=O) groups excluding carboxylic acids is 1. The number of anilines is 2. The zero-order valence-corrected chi connectivity index (χ0v) is 12.6. The fourth-order valence-corrected chi connectivity index (χ4v) is 3.00. The highest BCUT2D eigenvalue weighted by Crippen LogP contribution is 2.37. The van der Waals surface area contributed by atoms with Gasteiger partial charge in [0.15, 0.2) is 0 Å². The van der Waals surface area contributed by atoms with Gasteiger partial charge >= 0.3 is 0 Å². The normalized spacial score (nSPS) is 9.95. The third-order valence-corrected chi connectivity index (χ3v) is 4.31. The molecule has 108 valence electrons. The van der Waals surface area contributed by atoms with Gasteiger partial charge in [-0.15, -0.1) is 11.3 Å². The molecule has 0 aromatic carbocycles. The third-order valence-electron chi connectivity index (χ3n) is 2.99. The lowest BCUT2D eigenvalue weighted by Crippen LogP contribution is -2.17. The van der Waals surface area contributed by atoms with E-state index in [4.69, 9.17) is 5.73 Å². The minimum absolute atomic E-state index is 0.235. The summed E-state index contributed by atoms with van der Waals surface area (Å²) in [5, 5.41) is 12.5. The monoisotopic (exact) mass is 301 g/mol. The third kappa shape index (κ3) is 2.95. The second kappa shape index (κ2) is 6.24. The predicted octanol–water partition coefficient (Wildman–Crippen LogP) is 1.59. The molecule has 0 aliphatic carbocycles. The zero-order valence-electron chi connectivity index (χ0n) is 11.8. The molecule has 0 radical (unpaired) electrons. The van der Waals surface area contributed by atoms with Crippen molar-refractivity contribution in [2.24, 2.45) is 0 Å². The largest absolute Gasteiger partial charge is 0.396 e. The summed E-state index contributed by atoms with van der Waals surface area (Å²) in [5.41, 5.74) is 7.55. The summed E-state index contributed by atoms with van der Waals surface area (Å²) in [6.07, 6.45) is 3.43. The van der Waals surface area contributed by atoms with Crippen molar-refractivity contribution in [2.75, 3.05) is 24.7 Å². The topological polar surface area (TPSA) is 95.0 Å². The van der Waals surface area contributed by atoms with Gasteiger partial charge < -0.3 is 16.0 Å². The van der Waals surface area contributed by atoms with Gasteiger partial charge in [0.05, 0.1) is 5.69 Å².